The number of carbonyl (C=O) groups excluding carboxylic acids is 2. The molecule has 0 saturated heterocycles. The number of anilines is 1. The smallest absolute Gasteiger partial charge is 0.252 e. The Morgan fingerprint density at radius 2 is 1.93 bits per heavy atom. The van der Waals surface area contributed by atoms with E-state index in [1.165, 1.54) is 0 Å². The minimum atomic E-state index is -0.769. The standard InChI is InChI=1S/C18H23N5O2.2ClH/c19-14-8-4-7-13(14)11-16(24)22-17(12-5-2-1-3-6-12)18(25)21-15-9-10-20-23-15;;/h1-3,5-6,9-10,13-14,17H,4,7-8,11,19H2,(H,22,24)(H2,20,21,23,25);2*1H/t13-,14+,17?;;/m0../s1. The van der Waals surface area contributed by atoms with Gasteiger partial charge in [-0.3, -0.25) is 14.7 Å². The zero-order chi connectivity index (χ0) is 17.6. The van der Waals surface area contributed by atoms with E-state index >= 15 is 0 Å². The van der Waals surface area contributed by atoms with Gasteiger partial charge in [0.25, 0.3) is 5.91 Å². The summed E-state index contributed by atoms with van der Waals surface area (Å²) in [6, 6.07) is 10.1. The van der Waals surface area contributed by atoms with E-state index < -0.39 is 6.04 Å². The number of halogens is 2. The molecular formula is C18H25Cl2N5O2. The number of benzene rings is 1. The molecule has 0 radical (unpaired) electrons. The molecule has 5 N–H and O–H groups in total. The topological polar surface area (TPSA) is 113 Å². The van der Waals surface area contributed by atoms with Gasteiger partial charge in [-0.05, 0) is 24.3 Å². The second-order valence-corrected chi connectivity index (χ2v) is 6.43. The maximum absolute atomic E-state index is 12.6. The summed E-state index contributed by atoms with van der Waals surface area (Å²) in [5.74, 6) is 0.195. The number of amides is 2. The lowest BCUT2D eigenvalue weighted by Crippen LogP contribution is -2.39. The Bertz CT molecular complexity index is 712. The molecule has 1 heterocycles. The van der Waals surface area contributed by atoms with Gasteiger partial charge in [-0.25, -0.2) is 0 Å². The first-order valence-electron chi connectivity index (χ1n) is 8.53. The Morgan fingerprint density at radius 1 is 1.19 bits per heavy atom. The molecule has 1 fully saturated rings. The molecule has 9 heteroatoms. The van der Waals surface area contributed by atoms with Crippen LogP contribution in [-0.4, -0.2) is 28.1 Å². The number of rotatable bonds is 6. The third-order valence-electron chi connectivity index (χ3n) is 4.62. The van der Waals surface area contributed by atoms with Gasteiger partial charge in [-0.15, -0.1) is 24.8 Å². The Morgan fingerprint density at radius 3 is 2.52 bits per heavy atom. The van der Waals surface area contributed by atoms with Crippen LogP contribution in [0.1, 0.15) is 37.3 Å². The zero-order valence-electron chi connectivity index (χ0n) is 14.8. The third-order valence-corrected chi connectivity index (χ3v) is 4.62. The predicted octanol–water partition coefficient (Wildman–Crippen LogP) is 2.57. The summed E-state index contributed by atoms with van der Waals surface area (Å²) < 4.78 is 0. The predicted molar refractivity (Wildman–Crippen MR) is 109 cm³/mol. The van der Waals surface area contributed by atoms with Crippen molar-refractivity contribution in [2.24, 2.45) is 11.7 Å². The van der Waals surface area contributed by atoms with Crippen molar-refractivity contribution in [1.29, 1.82) is 0 Å². The van der Waals surface area contributed by atoms with Crippen molar-refractivity contribution < 1.29 is 9.59 Å². The lowest BCUT2D eigenvalue weighted by atomic mass is 9.99. The normalized spacial score (nSPS) is 19.3. The van der Waals surface area contributed by atoms with Crippen molar-refractivity contribution in [3.05, 3.63) is 48.2 Å². The molecule has 3 rings (SSSR count). The first-order chi connectivity index (χ1) is 12.1. The van der Waals surface area contributed by atoms with Crippen LogP contribution >= 0.6 is 24.8 Å². The van der Waals surface area contributed by atoms with Crippen LogP contribution in [-0.2, 0) is 9.59 Å². The van der Waals surface area contributed by atoms with E-state index in [0.717, 1.165) is 24.8 Å². The monoisotopic (exact) mass is 413 g/mol. The molecule has 7 nitrogen and oxygen atoms in total. The highest BCUT2D eigenvalue weighted by Crippen LogP contribution is 2.27. The maximum Gasteiger partial charge on any atom is 0.252 e. The highest BCUT2D eigenvalue weighted by Gasteiger charge is 2.29. The van der Waals surface area contributed by atoms with E-state index in [1.54, 1.807) is 12.3 Å². The van der Waals surface area contributed by atoms with Crippen molar-refractivity contribution >= 4 is 42.4 Å². The number of hydrogen-bond acceptors (Lipinski definition) is 4. The van der Waals surface area contributed by atoms with E-state index in [2.05, 4.69) is 20.8 Å². The van der Waals surface area contributed by atoms with Crippen molar-refractivity contribution in [2.75, 3.05) is 5.32 Å². The van der Waals surface area contributed by atoms with E-state index in [0.29, 0.717) is 12.2 Å². The molecule has 1 aromatic heterocycles. The van der Waals surface area contributed by atoms with Gasteiger partial charge in [0.1, 0.15) is 11.9 Å². The van der Waals surface area contributed by atoms with Crippen LogP contribution in [0.2, 0.25) is 0 Å². The van der Waals surface area contributed by atoms with Gasteiger partial charge in [0.2, 0.25) is 5.91 Å². The lowest BCUT2D eigenvalue weighted by Gasteiger charge is -2.20. The fraction of sp³-hybridized carbons (Fsp3) is 0.389. The van der Waals surface area contributed by atoms with Crippen molar-refractivity contribution in [1.82, 2.24) is 15.5 Å². The number of aromatic nitrogens is 2. The first-order valence-corrected chi connectivity index (χ1v) is 8.53. The average molecular weight is 414 g/mol. The molecule has 3 atom stereocenters. The third kappa shape index (κ3) is 6.23. The maximum atomic E-state index is 12.6. The number of nitrogens with two attached hydrogens (primary N) is 1. The Kier molecular flexibility index (Phi) is 9.28. The molecule has 148 valence electrons. The fourth-order valence-electron chi connectivity index (χ4n) is 3.25. The lowest BCUT2D eigenvalue weighted by molar-refractivity contribution is -0.127. The van der Waals surface area contributed by atoms with Gasteiger partial charge < -0.3 is 16.4 Å². The first kappa shape index (κ1) is 23.0. The number of hydrogen-bond donors (Lipinski definition) is 4. The molecule has 1 aliphatic rings. The second kappa shape index (κ2) is 10.9. The van der Waals surface area contributed by atoms with Crippen LogP contribution in [0.15, 0.2) is 42.6 Å². The molecule has 2 aromatic rings. The molecule has 0 spiro atoms. The van der Waals surface area contributed by atoms with Crippen LogP contribution < -0.4 is 16.4 Å². The van der Waals surface area contributed by atoms with Crippen LogP contribution in [0.25, 0.3) is 0 Å². The van der Waals surface area contributed by atoms with Crippen LogP contribution in [0, 0.1) is 5.92 Å². The number of carbonyl (C=O) groups is 2. The van der Waals surface area contributed by atoms with E-state index in [9.17, 15) is 9.59 Å². The molecule has 0 aliphatic heterocycles. The van der Waals surface area contributed by atoms with Gasteiger partial charge in [0.15, 0.2) is 0 Å². The van der Waals surface area contributed by atoms with Crippen molar-refractivity contribution in [3.8, 4) is 0 Å². The largest absolute Gasteiger partial charge is 0.341 e. The summed E-state index contributed by atoms with van der Waals surface area (Å²) in [7, 11) is 0. The summed E-state index contributed by atoms with van der Waals surface area (Å²) in [6.07, 6.45) is 4.88. The van der Waals surface area contributed by atoms with Gasteiger partial charge in [-0.2, -0.15) is 5.10 Å². The average Bonchev–Trinajstić information content (AvgIpc) is 3.26. The fourth-order valence-corrected chi connectivity index (χ4v) is 3.25. The second-order valence-electron chi connectivity index (χ2n) is 6.43. The number of nitrogens with zero attached hydrogens (tertiary/aromatic N) is 1. The Hall–Kier alpha value is -2.09. The summed E-state index contributed by atoms with van der Waals surface area (Å²) >= 11 is 0. The minimum Gasteiger partial charge on any atom is -0.341 e. The van der Waals surface area contributed by atoms with E-state index in [-0.39, 0.29) is 48.6 Å². The quantitative estimate of drug-likeness (QED) is 0.582. The minimum absolute atomic E-state index is 0. The SMILES string of the molecule is Cl.Cl.N[C@@H]1CCC[C@H]1CC(=O)NC(C(=O)Nc1ccn[nH]1)c1ccccc1. The van der Waals surface area contributed by atoms with Gasteiger partial charge >= 0.3 is 0 Å². The van der Waals surface area contributed by atoms with Gasteiger partial charge in [-0.1, -0.05) is 36.8 Å². The highest BCUT2D eigenvalue weighted by molar-refractivity contribution is 5.97. The molecular weight excluding hydrogens is 389 g/mol. The summed E-state index contributed by atoms with van der Waals surface area (Å²) in [5.41, 5.74) is 6.77. The molecule has 1 unspecified atom stereocenters. The van der Waals surface area contributed by atoms with Crippen molar-refractivity contribution in [3.63, 3.8) is 0 Å². The molecule has 1 aromatic carbocycles. The summed E-state index contributed by atoms with van der Waals surface area (Å²) in [6.45, 7) is 0. The van der Waals surface area contributed by atoms with Crippen molar-refractivity contribution in [2.45, 2.75) is 37.8 Å². The van der Waals surface area contributed by atoms with Crippen LogP contribution in [0.5, 0.6) is 0 Å². The molecule has 27 heavy (non-hydrogen) atoms. The Balaban J connectivity index is 0.00000182. The summed E-state index contributed by atoms with van der Waals surface area (Å²) in [5, 5.41) is 12.1. The zero-order valence-corrected chi connectivity index (χ0v) is 16.4. The molecule has 0 bridgehead atoms. The highest BCUT2D eigenvalue weighted by atomic mass is 35.5. The van der Waals surface area contributed by atoms with Crippen LogP contribution in [0.3, 0.4) is 0 Å². The molecule has 2 amide bonds. The van der Waals surface area contributed by atoms with E-state index in [4.69, 9.17) is 5.73 Å². The summed E-state index contributed by atoms with van der Waals surface area (Å²) in [4.78, 5) is 25.1. The van der Waals surface area contributed by atoms with Crippen LogP contribution in [0.4, 0.5) is 5.82 Å². The van der Waals surface area contributed by atoms with E-state index in [1.807, 2.05) is 30.3 Å². The van der Waals surface area contributed by atoms with Gasteiger partial charge in [0.05, 0.1) is 6.20 Å². The number of aromatic amines is 1. The Labute approximate surface area is 170 Å². The number of H-pyrrole nitrogens is 1. The molecule has 1 saturated carbocycles. The van der Waals surface area contributed by atoms with Gasteiger partial charge in [0, 0.05) is 18.5 Å². The number of nitrogens with one attached hydrogen (secondary N) is 3. The molecule has 1 aliphatic carbocycles.